The van der Waals surface area contributed by atoms with E-state index in [1.165, 1.54) is 22.3 Å². The van der Waals surface area contributed by atoms with Crippen molar-refractivity contribution >= 4 is 11.7 Å². The minimum absolute atomic E-state index is 0.0247. The SMILES string of the molecule is O=C(NCC(c1ccccc1)N1CCN(C2c3ccccc3-c3ccccc32)CC1)Nc1cc(C(F)(F)F)cc(C(F)(F)F)c1. The van der Waals surface area contributed by atoms with E-state index in [4.69, 9.17) is 0 Å². The molecule has 4 aromatic carbocycles. The minimum atomic E-state index is -5.02. The summed E-state index contributed by atoms with van der Waals surface area (Å²) in [6.45, 7) is 2.98. The highest BCUT2D eigenvalue weighted by Gasteiger charge is 2.38. The fourth-order valence-corrected chi connectivity index (χ4v) is 6.35. The molecule has 6 rings (SSSR count). The summed E-state index contributed by atoms with van der Waals surface area (Å²) >= 11 is 0. The number of anilines is 1. The predicted octanol–water partition coefficient (Wildman–Crippen LogP) is 7.97. The highest BCUT2D eigenvalue weighted by molar-refractivity contribution is 5.89. The Balaban J connectivity index is 1.16. The highest BCUT2D eigenvalue weighted by Crippen LogP contribution is 2.46. The third-order valence-electron chi connectivity index (χ3n) is 8.44. The molecule has 1 heterocycles. The first kappa shape index (κ1) is 30.7. The lowest BCUT2D eigenvalue weighted by atomic mass is 10.0. The number of nitrogens with zero attached hydrogens (tertiary/aromatic N) is 2. The number of halogens is 6. The molecule has 4 aromatic rings. The molecular weight excluding hydrogens is 594 g/mol. The van der Waals surface area contributed by atoms with E-state index in [0.29, 0.717) is 25.2 Å². The lowest BCUT2D eigenvalue weighted by molar-refractivity contribution is -0.143. The van der Waals surface area contributed by atoms with Gasteiger partial charge in [0, 0.05) is 38.4 Å². The van der Waals surface area contributed by atoms with Crippen LogP contribution in [0.1, 0.15) is 39.9 Å². The quantitative estimate of drug-likeness (QED) is 0.214. The molecule has 11 heteroatoms. The van der Waals surface area contributed by atoms with Crippen LogP contribution in [0.25, 0.3) is 11.1 Å². The van der Waals surface area contributed by atoms with Gasteiger partial charge in [0.05, 0.1) is 23.2 Å². The number of fused-ring (bicyclic) bond motifs is 3. The standard InChI is InChI=1S/C34H30F6N4O/c35-33(36,37)23-18-24(34(38,39)40)20-25(19-23)42-32(45)41-21-30(22-8-2-1-3-9-22)43-14-16-44(17-15-43)31-28-12-6-4-10-26(28)27-11-5-7-13-29(27)31/h1-13,18-20,30-31H,14-17,21H2,(H2,41,42,45). The lowest BCUT2D eigenvalue weighted by Gasteiger charge is -2.42. The Kier molecular flexibility index (Phi) is 8.32. The van der Waals surface area contributed by atoms with Crippen molar-refractivity contribution in [2.24, 2.45) is 0 Å². The number of carbonyl (C=O) groups is 1. The van der Waals surface area contributed by atoms with Crippen molar-refractivity contribution in [2.75, 3.05) is 38.0 Å². The summed E-state index contributed by atoms with van der Waals surface area (Å²) in [6, 6.07) is 26.3. The molecule has 5 nitrogen and oxygen atoms in total. The second-order valence-corrected chi connectivity index (χ2v) is 11.2. The maximum absolute atomic E-state index is 13.3. The van der Waals surface area contributed by atoms with Crippen LogP contribution in [0.15, 0.2) is 97.1 Å². The molecule has 1 fully saturated rings. The lowest BCUT2D eigenvalue weighted by Crippen LogP contribution is -2.50. The zero-order valence-electron chi connectivity index (χ0n) is 24.0. The first-order chi connectivity index (χ1) is 21.5. The van der Waals surface area contributed by atoms with Crippen molar-refractivity contribution in [3.8, 4) is 11.1 Å². The van der Waals surface area contributed by atoms with E-state index >= 15 is 0 Å². The van der Waals surface area contributed by atoms with Gasteiger partial charge in [0.15, 0.2) is 0 Å². The molecule has 234 valence electrons. The summed E-state index contributed by atoms with van der Waals surface area (Å²) in [5, 5.41) is 4.83. The first-order valence-corrected chi connectivity index (χ1v) is 14.5. The molecule has 2 aliphatic rings. The van der Waals surface area contributed by atoms with E-state index < -0.39 is 35.2 Å². The number of nitrogens with one attached hydrogen (secondary N) is 2. The van der Waals surface area contributed by atoms with Crippen LogP contribution < -0.4 is 10.6 Å². The molecule has 0 saturated carbocycles. The number of amides is 2. The number of carbonyl (C=O) groups excluding carboxylic acids is 1. The number of hydrogen-bond donors (Lipinski definition) is 2. The molecule has 1 aliphatic heterocycles. The van der Waals surface area contributed by atoms with Gasteiger partial charge >= 0.3 is 18.4 Å². The van der Waals surface area contributed by atoms with Gasteiger partial charge in [-0.25, -0.2) is 4.79 Å². The minimum Gasteiger partial charge on any atom is -0.336 e. The Labute approximate surface area is 256 Å². The van der Waals surface area contributed by atoms with Crippen LogP contribution in [0.2, 0.25) is 0 Å². The van der Waals surface area contributed by atoms with Gasteiger partial charge < -0.3 is 10.6 Å². The van der Waals surface area contributed by atoms with E-state index in [1.807, 2.05) is 42.5 Å². The second kappa shape index (κ2) is 12.2. The van der Waals surface area contributed by atoms with E-state index in [0.717, 1.165) is 18.7 Å². The first-order valence-electron chi connectivity index (χ1n) is 14.5. The number of rotatable bonds is 6. The average Bonchev–Trinajstić information content (AvgIpc) is 3.35. The van der Waals surface area contributed by atoms with Crippen LogP contribution in [0, 0.1) is 0 Å². The topological polar surface area (TPSA) is 47.6 Å². The third kappa shape index (κ3) is 6.55. The van der Waals surface area contributed by atoms with Gasteiger partial charge in [0.2, 0.25) is 0 Å². The zero-order chi connectivity index (χ0) is 31.8. The van der Waals surface area contributed by atoms with Crippen molar-refractivity contribution < 1.29 is 31.1 Å². The molecule has 2 amide bonds. The number of piperazine rings is 1. The third-order valence-corrected chi connectivity index (χ3v) is 8.44. The van der Waals surface area contributed by atoms with Crippen molar-refractivity contribution in [3.05, 3.63) is 125 Å². The van der Waals surface area contributed by atoms with Gasteiger partial charge in [-0.05, 0) is 46.0 Å². The van der Waals surface area contributed by atoms with E-state index in [-0.39, 0.29) is 24.7 Å². The largest absolute Gasteiger partial charge is 0.416 e. The molecule has 0 bridgehead atoms. The van der Waals surface area contributed by atoms with Crippen molar-refractivity contribution in [2.45, 2.75) is 24.4 Å². The average molecular weight is 625 g/mol. The Hall–Kier alpha value is -4.35. The zero-order valence-corrected chi connectivity index (χ0v) is 24.0. The number of urea groups is 1. The van der Waals surface area contributed by atoms with Gasteiger partial charge in [-0.1, -0.05) is 78.9 Å². The number of benzene rings is 4. The summed E-state index contributed by atoms with van der Waals surface area (Å²) in [5.74, 6) is 0. The van der Waals surface area contributed by atoms with Gasteiger partial charge in [0.1, 0.15) is 0 Å². The van der Waals surface area contributed by atoms with Crippen LogP contribution in [-0.2, 0) is 12.4 Å². The summed E-state index contributed by atoms with van der Waals surface area (Å²) in [7, 11) is 0. The molecule has 1 atom stereocenters. The Morgan fingerprint density at radius 2 is 1.22 bits per heavy atom. The van der Waals surface area contributed by atoms with Crippen LogP contribution in [-0.4, -0.2) is 48.6 Å². The monoisotopic (exact) mass is 624 g/mol. The number of alkyl halides is 6. The molecule has 45 heavy (non-hydrogen) atoms. The highest BCUT2D eigenvalue weighted by atomic mass is 19.4. The molecule has 0 radical (unpaired) electrons. The Morgan fingerprint density at radius 1 is 0.711 bits per heavy atom. The maximum Gasteiger partial charge on any atom is 0.416 e. The van der Waals surface area contributed by atoms with E-state index in [2.05, 4.69) is 56.8 Å². The smallest absolute Gasteiger partial charge is 0.336 e. The predicted molar refractivity (Wildman–Crippen MR) is 160 cm³/mol. The van der Waals surface area contributed by atoms with Crippen LogP contribution in [0.3, 0.4) is 0 Å². The van der Waals surface area contributed by atoms with Gasteiger partial charge in [-0.3, -0.25) is 9.80 Å². The van der Waals surface area contributed by atoms with E-state index in [1.54, 1.807) is 0 Å². The fourth-order valence-electron chi connectivity index (χ4n) is 6.35. The van der Waals surface area contributed by atoms with Crippen molar-refractivity contribution in [1.82, 2.24) is 15.1 Å². The van der Waals surface area contributed by atoms with E-state index in [9.17, 15) is 31.1 Å². The molecule has 1 saturated heterocycles. The summed E-state index contributed by atoms with van der Waals surface area (Å²) in [5.41, 5.74) is 2.35. The molecule has 1 aliphatic carbocycles. The molecular formula is C34H30F6N4O. The fraction of sp³-hybridized carbons (Fsp3) is 0.265. The summed E-state index contributed by atoms with van der Waals surface area (Å²) < 4.78 is 79.7. The van der Waals surface area contributed by atoms with Gasteiger partial charge in [-0.2, -0.15) is 26.3 Å². The molecule has 2 N–H and O–H groups in total. The van der Waals surface area contributed by atoms with Gasteiger partial charge in [0.25, 0.3) is 0 Å². The van der Waals surface area contributed by atoms with Crippen molar-refractivity contribution in [3.63, 3.8) is 0 Å². The normalized spacial score (nSPS) is 16.6. The molecule has 1 unspecified atom stereocenters. The molecule has 0 aromatic heterocycles. The Morgan fingerprint density at radius 3 is 1.76 bits per heavy atom. The summed E-state index contributed by atoms with van der Waals surface area (Å²) in [4.78, 5) is 17.5. The Bertz CT molecular complexity index is 1590. The van der Waals surface area contributed by atoms with Gasteiger partial charge in [-0.15, -0.1) is 0 Å². The summed E-state index contributed by atoms with van der Waals surface area (Å²) in [6.07, 6.45) is -10.0. The number of hydrogen-bond acceptors (Lipinski definition) is 3. The van der Waals surface area contributed by atoms with Crippen molar-refractivity contribution in [1.29, 1.82) is 0 Å². The van der Waals surface area contributed by atoms with Crippen LogP contribution in [0.4, 0.5) is 36.8 Å². The molecule has 0 spiro atoms. The second-order valence-electron chi connectivity index (χ2n) is 11.2. The van der Waals surface area contributed by atoms with Crippen LogP contribution in [0.5, 0.6) is 0 Å². The van der Waals surface area contributed by atoms with Crippen LogP contribution >= 0.6 is 0 Å². The maximum atomic E-state index is 13.3.